The van der Waals surface area contributed by atoms with Crippen LogP contribution in [0.3, 0.4) is 0 Å². The number of allylic oxidation sites excluding steroid dienone is 1. The fourth-order valence-corrected chi connectivity index (χ4v) is 2.61. The Hall–Kier alpha value is -1.94. The van der Waals surface area contributed by atoms with E-state index < -0.39 is 0 Å². The van der Waals surface area contributed by atoms with Crippen LogP contribution in [-0.2, 0) is 0 Å². The van der Waals surface area contributed by atoms with Crippen LogP contribution in [0.15, 0.2) is 53.0 Å². The van der Waals surface area contributed by atoms with E-state index in [1.54, 1.807) is 7.11 Å². The molecule has 0 heterocycles. The first-order valence-electron chi connectivity index (χ1n) is 8.05. The summed E-state index contributed by atoms with van der Waals surface area (Å²) in [7, 11) is 1.66. The first-order valence-corrected chi connectivity index (χ1v) is 8.84. The molecule has 2 aromatic carbocycles. The van der Waals surface area contributed by atoms with E-state index in [4.69, 9.17) is 14.2 Å². The van der Waals surface area contributed by atoms with E-state index in [1.165, 1.54) is 0 Å². The summed E-state index contributed by atoms with van der Waals surface area (Å²) in [5, 5.41) is 0. The Balaban J connectivity index is 1.72. The van der Waals surface area contributed by atoms with Crippen molar-refractivity contribution in [2.45, 2.75) is 19.8 Å². The maximum Gasteiger partial charge on any atom is 0.161 e. The Bertz CT molecular complexity index is 668. The maximum absolute atomic E-state index is 5.82. The molecule has 128 valence electrons. The van der Waals surface area contributed by atoms with Gasteiger partial charge in [0.05, 0.1) is 20.3 Å². The highest BCUT2D eigenvalue weighted by Gasteiger charge is 2.04. The molecule has 0 atom stereocenters. The number of benzene rings is 2. The van der Waals surface area contributed by atoms with E-state index in [2.05, 4.69) is 15.9 Å². The van der Waals surface area contributed by atoms with Crippen molar-refractivity contribution in [1.29, 1.82) is 0 Å². The number of unbranched alkanes of at least 4 members (excludes halogenated alkanes) is 1. The van der Waals surface area contributed by atoms with Gasteiger partial charge in [0, 0.05) is 4.47 Å². The van der Waals surface area contributed by atoms with Crippen LogP contribution in [0.4, 0.5) is 0 Å². The lowest BCUT2D eigenvalue weighted by Gasteiger charge is -2.11. The molecule has 2 rings (SSSR count). The molecule has 0 aromatic heterocycles. The van der Waals surface area contributed by atoms with E-state index in [-0.39, 0.29) is 0 Å². The van der Waals surface area contributed by atoms with Crippen molar-refractivity contribution in [3.63, 3.8) is 0 Å². The second-order valence-electron chi connectivity index (χ2n) is 5.27. The predicted octanol–water partition coefficient (Wildman–Crippen LogP) is 5.73. The first-order chi connectivity index (χ1) is 11.7. The Labute approximate surface area is 152 Å². The molecule has 0 unspecified atom stereocenters. The number of rotatable bonds is 9. The van der Waals surface area contributed by atoms with Crippen molar-refractivity contribution in [2.75, 3.05) is 20.3 Å². The summed E-state index contributed by atoms with van der Waals surface area (Å²) in [5.74, 6) is 2.42. The van der Waals surface area contributed by atoms with Crippen molar-refractivity contribution in [2.24, 2.45) is 0 Å². The quantitative estimate of drug-likeness (QED) is 0.511. The molecule has 0 radical (unpaired) electrons. The van der Waals surface area contributed by atoms with Crippen LogP contribution >= 0.6 is 15.9 Å². The Morgan fingerprint density at radius 1 is 0.958 bits per heavy atom. The van der Waals surface area contributed by atoms with Crippen LogP contribution in [0, 0.1) is 0 Å². The number of hydrogen-bond donors (Lipinski definition) is 0. The molecule has 0 bridgehead atoms. The molecule has 2 aromatic rings. The van der Waals surface area contributed by atoms with Crippen LogP contribution in [0.25, 0.3) is 6.08 Å². The predicted molar refractivity (Wildman–Crippen MR) is 102 cm³/mol. The van der Waals surface area contributed by atoms with Gasteiger partial charge in [0.15, 0.2) is 11.5 Å². The minimum atomic E-state index is 0.640. The first kappa shape index (κ1) is 18.4. The van der Waals surface area contributed by atoms with E-state index in [0.717, 1.165) is 40.1 Å². The Kier molecular flexibility index (Phi) is 7.69. The largest absolute Gasteiger partial charge is 0.494 e. The van der Waals surface area contributed by atoms with E-state index in [1.807, 2.05) is 61.5 Å². The zero-order valence-electron chi connectivity index (χ0n) is 14.1. The second kappa shape index (κ2) is 10.0. The highest BCUT2D eigenvalue weighted by Crippen LogP contribution is 2.28. The molecule has 4 heteroatoms. The van der Waals surface area contributed by atoms with E-state index in [0.29, 0.717) is 13.2 Å². The fourth-order valence-electron chi connectivity index (χ4n) is 2.23. The zero-order valence-corrected chi connectivity index (χ0v) is 15.7. The molecule has 24 heavy (non-hydrogen) atoms. The summed E-state index contributed by atoms with van der Waals surface area (Å²) in [6.07, 6.45) is 5.89. The van der Waals surface area contributed by atoms with Gasteiger partial charge in [0.2, 0.25) is 0 Å². The van der Waals surface area contributed by atoms with Gasteiger partial charge in [-0.2, -0.15) is 0 Å². The molecule has 0 saturated carbocycles. The van der Waals surface area contributed by atoms with E-state index >= 15 is 0 Å². The lowest BCUT2D eigenvalue weighted by molar-refractivity contribution is 0.258. The molecule has 0 saturated heterocycles. The fraction of sp³-hybridized carbons (Fsp3) is 0.300. The molecule has 0 aliphatic rings. The SMILES string of the molecule is C/C=C/c1ccc(OCCCCOc2cccc(Br)c2)c(OC)c1. The Morgan fingerprint density at radius 2 is 1.75 bits per heavy atom. The maximum atomic E-state index is 5.82. The van der Waals surface area contributed by atoms with Gasteiger partial charge in [-0.3, -0.25) is 0 Å². The van der Waals surface area contributed by atoms with Gasteiger partial charge in [0.1, 0.15) is 5.75 Å². The summed E-state index contributed by atoms with van der Waals surface area (Å²) in [4.78, 5) is 0. The van der Waals surface area contributed by atoms with Gasteiger partial charge in [-0.1, -0.05) is 40.2 Å². The highest BCUT2D eigenvalue weighted by atomic mass is 79.9. The highest BCUT2D eigenvalue weighted by molar-refractivity contribution is 9.10. The molecule has 0 amide bonds. The number of hydrogen-bond acceptors (Lipinski definition) is 3. The third-order valence-corrected chi connectivity index (χ3v) is 3.90. The standard InChI is InChI=1S/C20H23BrO3/c1-3-7-16-10-11-19(20(14-16)22-2)24-13-5-4-12-23-18-9-6-8-17(21)15-18/h3,6-11,14-15H,4-5,12-13H2,1-2H3/b7-3+. The molecule has 0 fully saturated rings. The minimum absolute atomic E-state index is 0.640. The summed E-state index contributed by atoms with van der Waals surface area (Å²) >= 11 is 3.43. The summed E-state index contributed by atoms with van der Waals surface area (Å²) < 4.78 is 17.9. The zero-order chi connectivity index (χ0) is 17.2. The van der Waals surface area contributed by atoms with Gasteiger partial charge in [-0.25, -0.2) is 0 Å². The summed E-state index contributed by atoms with van der Waals surface area (Å²) in [6, 6.07) is 13.8. The van der Waals surface area contributed by atoms with Gasteiger partial charge >= 0.3 is 0 Å². The smallest absolute Gasteiger partial charge is 0.161 e. The van der Waals surface area contributed by atoms with E-state index in [9.17, 15) is 0 Å². The van der Waals surface area contributed by atoms with Gasteiger partial charge in [0.25, 0.3) is 0 Å². The summed E-state index contributed by atoms with van der Waals surface area (Å²) in [5.41, 5.74) is 1.10. The van der Waals surface area contributed by atoms with Gasteiger partial charge in [-0.15, -0.1) is 0 Å². The van der Waals surface area contributed by atoms with Crippen LogP contribution in [0.5, 0.6) is 17.2 Å². The lowest BCUT2D eigenvalue weighted by Crippen LogP contribution is -2.03. The van der Waals surface area contributed by atoms with Crippen LogP contribution < -0.4 is 14.2 Å². The third kappa shape index (κ3) is 5.93. The topological polar surface area (TPSA) is 27.7 Å². The number of ether oxygens (including phenoxy) is 3. The van der Waals surface area contributed by atoms with Crippen molar-refractivity contribution in [3.8, 4) is 17.2 Å². The average Bonchev–Trinajstić information content (AvgIpc) is 2.59. The van der Waals surface area contributed by atoms with Crippen LogP contribution in [0.1, 0.15) is 25.3 Å². The van der Waals surface area contributed by atoms with Crippen molar-refractivity contribution >= 4 is 22.0 Å². The van der Waals surface area contributed by atoms with Crippen LogP contribution in [0.2, 0.25) is 0 Å². The van der Waals surface area contributed by atoms with Crippen LogP contribution in [-0.4, -0.2) is 20.3 Å². The molecule has 3 nitrogen and oxygen atoms in total. The monoisotopic (exact) mass is 390 g/mol. The minimum Gasteiger partial charge on any atom is -0.494 e. The molecule has 0 N–H and O–H groups in total. The lowest BCUT2D eigenvalue weighted by atomic mass is 10.2. The third-order valence-electron chi connectivity index (χ3n) is 3.41. The molecular formula is C20H23BrO3. The second-order valence-corrected chi connectivity index (χ2v) is 6.19. The van der Waals surface area contributed by atoms with Crippen molar-refractivity contribution in [1.82, 2.24) is 0 Å². The van der Waals surface area contributed by atoms with Crippen molar-refractivity contribution in [3.05, 3.63) is 58.6 Å². The normalized spacial score (nSPS) is 10.8. The van der Waals surface area contributed by atoms with Crippen molar-refractivity contribution < 1.29 is 14.2 Å². The molecule has 0 aliphatic heterocycles. The van der Waals surface area contributed by atoms with Gasteiger partial charge < -0.3 is 14.2 Å². The molecular weight excluding hydrogens is 368 g/mol. The average molecular weight is 391 g/mol. The molecule has 0 aliphatic carbocycles. The molecule has 0 spiro atoms. The number of halogens is 1. The Morgan fingerprint density at radius 3 is 2.46 bits per heavy atom. The summed E-state index contributed by atoms with van der Waals surface area (Å²) in [6.45, 7) is 3.31. The van der Waals surface area contributed by atoms with Gasteiger partial charge in [-0.05, 0) is 55.7 Å². The number of methoxy groups -OCH3 is 1.